The van der Waals surface area contributed by atoms with Crippen molar-refractivity contribution in [3.05, 3.63) is 29.3 Å². The summed E-state index contributed by atoms with van der Waals surface area (Å²) >= 11 is 0. The molecule has 0 aliphatic heterocycles. The van der Waals surface area contributed by atoms with E-state index in [0.29, 0.717) is 0 Å². The molecule has 0 atom stereocenters. The lowest BCUT2D eigenvalue weighted by Gasteiger charge is -2.08. The van der Waals surface area contributed by atoms with Crippen LogP contribution in [0, 0.1) is 11.8 Å². The first-order valence-corrected chi connectivity index (χ1v) is 5.93. The van der Waals surface area contributed by atoms with E-state index in [1.54, 1.807) is 7.11 Å². The maximum atomic E-state index is 5.23. The number of rotatable bonds is 4. The molecule has 0 fully saturated rings. The Morgan fingerprint density at radius 3 is 2.56 bits per heavy atom. The van der Waals surface area contributed by atoms with Crippen molar-refractivity contribution in [1.29, 1.82) is 0 Å². The van der Waals surface area contributed by atoms with Crippen LogP contribution in [-0.4, -0.2) is 7.11 Å². The highest BCUT2D eigenvalue weighted by atomic mass is 16.5. The van der Waals surface area contributed by atoms with Gasteiger partial charge in [-0.15, -0.1) is 11.8 Å². The van der Waals surface area contributed by atoms with Crippen LogP contribution >= 0.6 is 0 Å². The lowest BCUT2D eigenvalue weighted by atomic mass is 10.0. The second kappa shape index (κ2) is 6.95. The average Bonchev–Trinajstić information content (AvgIpc) is 2.34. The second-order valence-corrected chi connectivity index (χ2v) is 3.70. The molecule has 0 saturated carbocycles. The number of aryl methyl sites for hydroxylation is 2. The minimum absolute atomic E-state index is 0.945. The number of benzene rings is 1. The molecule has 1 heteroatoms. The van der Waals surface area contributed by atoms with Gasteiger partial charge < -0.3 is 4.74 Å². The molecule has 0 heterocycles. The van der Waals surface area contributed by atoms with Gasteiger partial charge in [-0.25, -0.2) is 0 Å². The number of hydrogen-bond donors (Lipinski definition) is 0. The maximum absolute atomic E-state index is 5.23. The van der Waals surface area contributed by atoms with E-state index >= 15 is 0 Å². The summed E-state index contributed by atoms with van der Waals surface area (Å²) in [6, 6.07) is 6.32. The van der Waals surface area contributed by atoms with Crippen molar-refractivity contribution in [3.63, 3.8) is 0 Å². The summed E-state index contributed by atoms with van der Waals surface area (Å²) in [7, 11) is 1.71. The molecule has 0 bridgehead atoms. The minimum atomic E-state index is 0.945. The fourth-order valence-corrected chi connectivity index (χ4v) is 1.71. The van der Waals surface area contributed by atoms with Crippen LogP contribution in [0.4, 0.5) is 0 Å². The van der Waals surface area contributed by atoms with Gasteiger partial charge in [0.2, 0.25) is 0 Å². The summed E-state index contributed by atoms with van der Waals surface area (Å²) in [6.07, 6.45) is 3.99. The molecule has 86 valence electrons. The molecular formula is C15H20O. The maximum Gasteiger partial charge on any atom is 0.119 e. The van der Waals surface area contributed by atoms with E-state index in [-0.39, 0.29) is 0 Å². The zero-order chi connectivity index (χ0) is 11.8. The van der Waals surface area contributed by atoms with Gasteiger partial charge in [0.15, 0.2) is 0 Å². The summed E-state index contributed by atoms with van der Waals surface area (Å²) < 4.78 is 5.23. The first-order chi connectivity index (χ1) is 7.81. The molecule has 1 aromatic carbocycles. The monoisotopic (exact) mass is 216 g/mol. The summed E-state index contributed by atoms with van der Waals surface area (Å²) in [5, 5.41) is 0. The van der Waals surface area contributed by atoms with E-state index in [1.165, 1.54) is 11.1 Å². The van der Waals surface area contributed by atoms with Crippen LogP contribution in [0.1, 0.15) is 37.8 Å². The topological polar surface area (TPSA) is 9.23 Å². The van der Waals surface area contributed by atoms with Crippen LogP contribution in [0.2, 0.25) is 0 Å². The summed E-state index contributed by atoms with van der Waals surface area (Å²) in [6.45, 7) is 4.26. The zero-order valence-corrected chi connectivity index (χ0v) is 10.5. The smallest absolute Gasteiger partial charge is 0.119 e. The van der Waals surface area contributed by atoms with Crippen molar-refractivity contribution >= 4 is 0 Å². The lowest BCUT2D eigenvalue weighted by molar-refractivity contribution is 0.414. The quantitative estimate of drug-likeness (QED) is 0.699. The molecule has 0 unspecified atom stereocenters. The van der Waals surface area contributed by atoms with Crippen LogP contribution in [0.3, 0.4) is 0 Å². The molecule has 1 rings (SSSR count). The Morgan fingerprint density at radius 1 is 1.12 bits per heavy atom. The van der Waals surface area contributed by atoms with Crippen LogP contribution in [0.25, 0.3) is 0 Å². The summed E-state index contributed by atoms with van der Waals surface area (Å²) in [5.41, 5.74) is 2.77. The summed E-state index contributed by atoms with van der Waals surface area (Å²) in [4.78, 5) is 0. The van der Waals surface area contributed by atoms with Gasteiger partial charge in [-0.2, -0.15) is 0 Å². The second-order valence-electron chi connectivity index (χ2n) is 3.70. The van der Waals surface area contributed by atoms with Crippen LogP contribution in [0.15, 0.2) is 18.2 Å². The Kier molecular flexibility index (Phi) is 5.50. The van der Waals surface area contributed by atoms with E-state index in [9.17, 15) is 0 Å². The highest BCUT2D eigenvalue weighted by Gasteiger charge is 2.01. The normalized spacial score (nSPS) is 9.44. The third-order valence-electron chi connectivity index (χ3n) is 2.62. The van der Waals surface area contributed by atoms with Gasteiger partial charge in [0, 0.05) is 12.8 Å². The number of ether oxygens (including phenoxy) is 1. The van der Waals surface area contributed by atoms with Crippen LogP contribution in [0.5, 0.6) is 5.75 Å². The first kappa shape index (κ1) is 12.6. The van der Waals surface area contributed by atoms with Gasteiger partial charge in [0.05, 0.1) is 7.11 Å². The minimum Gasteiger partial charge on any atom is -0.497 e. The third kappa shape index (κ3) is 3.62. The predicted molar refractivity (Wildman–Crippen MR) is 68.8 cm³/mol. The van der Waals surface area contributed by atoms with E-state index in [4.69, 9.17) is 4.74 Å². The van der Waals surface area contributed by atoms with Crippen molar-refractivity contribution in [3.8, 4) is 17.6 Å². The Bertz CT molecular complexity index is 382. The number of methoxy groups -OCH3 is 1. The van der Waals surface area contributed by atoms with Crippen molar-refractivity contribution in [2.75, 3.05) is 7.11 Å². The van der Waals surface area contributed by atoms with Gasteiger partial charge in [-0.05, 0) is 36.1 Å². The molecule has 0 radical (unpaired) electrons. The van der Waals surface area contributed by atoms with Crippen molar-refractivity contribution in [2.24, 2.45) is 0 Å². The average molecular weight is 216 g/mol. The predicted octanol–water partition coefficient (Wildman–Crippen LogP) is 3.60. The first-order valence-electron chi connectivity index (χ1n) is 5.93. The van der Waals surface area contributed by atoms with Crippen LogP contribution in [-0.2, 0) is 12.8 Å². The zero-order valence-electron chi connectivity index (χ0n) is 10.5. The molecule has 0 saturated heterocycles. The fourth-order valence-electron chi connectivity index (χ4n) is 1.71. The van der Waals surface area contributed by atoms with Crippen molar-refractivity contribution in [1.82, 2.24) is 0 Å². The standard InChI is InChI=1S/C15H20O/c1-4-6-7-8-9-14-10-11-15(16-3)12-13(14)5-2/h10-12H,4-5,8-9H2,1-3H3. The molecule has 16 heavy (non-hydrogen) atoms. The molecule has 1 aromatic rings. The SMILES string of the molecule is CCC#CCCc1ccc(OC)cc1CC. The third-order valence-corrected chi connectivity index (χ3v) is 2.62. The number of hydrogen-bond acceptors (Lipinski definition) is 1. The molecule has 0 aliphatic rings. The Morgan fingerprint density at radius 2 is 1.94 bits per heavy atom. The Hall–Kier alpha value is -1.42. The molecule has 0 aliphatic carbocycles. The van der Waals surface area contributed by atoms with Crippen molar-refractivity contribution in [2.45, 2.75) is 39.5 Å². The molecule has 0 N–H and O–H groups in total. The highest BCUT2D eigenvalue weighted by molar-refractivity contribution is 5.36. The van der Waals surface area contributed by atoms with E-state index in [2.05, 4.69) is 37.8 Å². The van der Waals surface area contributed by atoms with Gasteiger partial charge in [-0.3, -0.25) is 0 Å². The molecule has 0 aromatic heterocycles. The Labute approximate surface area is 98.8 Å². The molecular weight excluding hydrogens is 196 g/mol. The highest BCUT2D eigenvalue weighted by Crippen LogP contribution is 2.19. The van der Waals surface area contributed by atoms with Crippen molar-refractivity contribution < 1.29 is 4.74 Å². The molecule has 1 nitrogen and oxygen atoms in total. The van der Waals surface area contributed by atoms with Crippen LogP contribution < -0.4 is 4.74 Å². The van der Waals surface area contributed by atoms with Gasteiger partial charge in [0.25, 0.3) is 0 Å². The Balaban J connectivity index is 2.71. The van der Waals surface area contributed by atoms with E-state index in [1.807, 2.05) is 6.07 Å². The van der Waals surface area contributed by atoms with E-state index in [0.717, 1.165) is 31.4 Å². The van der Waals surface area contributed by atoms with Gasteiger partial charge in [-0.1, -0.05) is 19.9 Å². The lowest BCUT2D eigenvalue weighted by Crippen LogP contribution is -1.94. The summed E-state index contributed by atoms with van der Waals surface area (Å²) in [5.74, 6) is 7.23. The van der Waals surface area contributed by atoms with Gasteiger partial charge in [0.1, 0.15) is 5.75 Å². The molecule has 0 amide bonds. The van der Waals surface area contributed by atoms with Gasteiger partial charge >= 0.3 is 0 Å². The van der Waals surface area contributed by atoms with E-state index < -0.39 is 0 Å². The fraction of sp³-hybridized carbons (Fsp3) is 0.467. The molecule has 0 spiro atoms. The largest absolute Gasteiger partial charge is 0.497 e.